The number of likely N-dealkylation sites (tertiary alicyclic amines) is 1. The Balaban J connectivity index is 1.61. The van der Waals surface area contributed by atoms with Crippen LogP contribution in [0.1, 0.15) is 10.5 Å². The molecule has 21 heavy (non-hydrogen) atoms. The van der Waals surface area contributed by atoms with Gasteiger partial charge < -0.3 is 19.2 Å². The number of rotatable bonds is 4. The number of amides is 1. The smallest absolute Gasteiger partial charge is 0.275 e. The van der Waals surface area contributed by atoms with Gasteiger partial charge in [-0.2, -0.15) is 0 Å². The van der Waals surface area contributed by atoms with Crippen LogP contribution in [0.15, 0.2) is 17.1 Å². The molecule has 1 N–H and O–H groups in total. The third-order valence-electron chi connectivity index (χ3n) is 4.35. The zero-order chi connectivity index (χ0) is 14.7. The van der Waals surface area contributed by atoms with Crippen molar-refractivity contribution in [1.29, 1.82) is 0 Å². The third-order valence-corrected chi connectivity index (χ3v) is 4.35. The second-order valence-corrected chi connectivity index (χ2v) is 5.70. The van der Waals surface area contributed by atoms with Crippen molar-refractivity contribution in [2.24, 2.45) is 11.8 Å². The van der Waals surface area contributed by atoms with Crippen molar-refractivity contribution in [3.05, 3.63) is 18.4 Å². The number of carbonyl (C=O) groups is 1. The highest BCUT2D eigenvalue weighted by atomic mass is 16.5. The Morgan fingerprint density at radius 2 is 2.10 bits per heavy atom. The number of aromatic nitrogens is 1. The van der Waals surface area contributed by atoms with Crippen LogP contribution >= 0.6 is 0 Å². The normalized spacial score (nSPS) is 27.2. The number of hydrogen-bond acceptors (Lipinski definition) is 6. The molecule has 0 aromatic carbocycles. The lowest BCUT2D eigenvalue weighted by atomic mass is 9.96. The Bertz CT molecular complexity index is 459. The first-order valence-corrected chi connectivity index (χ1v) is 7.36. The van der Waals surface area contributed by atoms with E-state index in [-0.39, 0.29) is 18.4 Å². The molecule has 0 spiro atoms. The van der Waals surface area contributed by atoms with Gasteiger partial charge in [-0.1, -0.05) is 0 Å². The summed E-state index contributed by atoms with van der Waals surface area (Å²) in [5, 5.41) is 9.58. The van der Waals surface area contributed by atoms with Crippen molar-refractivity contribution in [3.63, 3.8) is 0 Å². The quantitative estimate of drug-likeness (QED) is 0.821. The largest absolute Gasteiger partial charge is 0.451 e. The van der Waals surface area contributed by atoms with Gasteiger partial charge in [0.15, 0.2) is 12.1 Å². The summed E-state index contributed by atoms with van der Waals surface area (Å²) in [4.78, 5) is 20.3. The maximum Gasteiger partial charge on any atom is 0.275 e. The van der Waals surface area contributed by atoms with E-state index < -0.39 is 0 Å². The molecule has 0 bridgehead atoms. The van der Waals surface area contributed by atoms with E-state index in [9.17, 15) is 9.90 Å². The van der Waals surface area contributed by atoms with Crippen LogP contribution in [0, 0.1) is 11.8 Å². The van der Waals surface area contributed by atoms with Crippen LogP contribution in [0.2, 0.25) is 0 Å². The Hall–Kier alpha value is -1.44. The summed E-state index contributed by atoms with van der Waals surface area (Å²) in [5.74, 6) is 0.305. The minimum Gasteiger partial charge on any atom is -0.451 e. The Labute approximate surface area is 123 Å². The standard InChI is InChI=1S/C14H21N3O4/c18-8-12-7-17(14(19)13-9-21-10-15-13)6-11(12)5-16-1-3-20-4-2-16/h9-12,18H,1-8H2/t11-,12-/m0/s1. The van der Waals surface area contributed by atoms with Gasteiger partial charge in [0.2, 0.25) is 0 Å². The van der Waals surface area contributed by atoms with Gasteiger partial charge in [-0.15, -0.1) is 0 Å². The summed E-state index contributed by atoms with van der Waals surface area (Å²) in [7, 11) is 0. The van der Waals surface area contributed by atoms with E-state index in [1.165, 1.54) is 12.7 Å². The van der Waals surface area contributed by atoms with Crippen molar-refractivity contribution in [2.75, 3.05) is 52.5 Å². The van der Waals surface area contributed by atoms with Gasteiger partial charge in [0.1, 0.15) is 6.26 Å². The summed E-state index contributed by atoms with van der Waals surface area (Å²) in [6.07, 6.45) is 2.63. The molecule has 7 heteroatoms. The number of aliphatic hydroxyl groups excluding tert-OH is 1. The van der Waals surface area contributed by atoms with Gasteiger partial charge in [0, 0.05) is 45.2 Å². The Kier molecular flexibility index (Phi) is 4.52. The SMILES string of the molecule is O=C(c1cocn1)N1C[C@@H](CO)[C@@H](CN2CCOCC2)C1. The minimum absolute atomic E-state index is 0.109. The topological polar surface area (TPSA) is 79.0 Å². The summed E-state index contributed by atoms with van der Waals surface area (Å²) < 4.78 is 10.2. The van der Waals surface area contributed by atoms with Gasteiger partial charge in [-0.05, 0) is 5.92 Å². The van der Waals surface area contributed by atoms with Crippen molar-refractivity contribution >= 4 is 5.91 Å². The van der Waals surface area contributed by atoms with E-state index in [4.69, 9.17) is 9.15 Å². The first kappa shape index (κ1) is 14.5. The van der Waals surface area contributed by atoms with Crippen molar-refractivity contribution < 1.29 is 19.1 Å². The van der Waals surface area contributed by atoms with Gasteiger partial charge in [-0.3, -0.25) is 9.69 Å². The lowest BCUT2D eigenvalue weighted by Crippen LogP contribution is -2.41. The highest BCUT2D eigenvalue weighted by Gasteiger charge is 2.36. The van der Waals surface area contributed by atoms with E-state index >= 15 is 0 Å². The molecule has 0 unspecified atom stereocenters. The van der Waals surface area contributed by atoms with Crippen LogP contribution in [0.4, 0.5) is 0 Å². The molecule has 2 aliphatic heterocycles. The summed E-state index contributed by atoms with van der Waals surface area (Å²) in [6.45, 7) is 5.62. The van der Waals surface area contributed by atoms with Crippen LogP contribution in [-0.2, 0) is 4.74 Å². The van der Waals surface area contributed by atoms with E-state index in [1.807, 2.05) is 0 Å². The summed E-state index contributed by atoms with van der Waals surface area (Å²) in [6, 6.07) is 0. The number of aliphatic hydroxyl groups is 1. The third kappa shape index (κ3) is 3.25. The predicted molar refractivity (Wildman–Crippen MR) is 73.7 cm³/mol. The average Bonchev–Trinajstić information content (AvgIpc) is 3.17. The molecule has 1 aromatic heterocycles. The molecule has 116 valence electrons. The maximum absolute atomic E-state index is 12.3. The van der Waals surface area contributed by atoms with Crippen molar-refractivity contribution in [3.8, 4) is 0 Å². The fourth-order valence-corrected chi connectivity index (χ4v) is 3.11. The highest BCUT2D eigenvalue weighted by Crippen LogP contribution is 2.25. The van der Waals surface area contributed by atoms with Crippen LogP contribution in [0.5, 0.6) is 0 Å². The number of nitrogens with zero attached hydrogens (tertiary/aromatic N) is 3. The minimum atomic E-state index is -0.119. The second-order valence-electron chi connectivity index (χ2n) is 5.70. The molecule has 3 rings (SSSR count). The van der Waals surface area contributed by atoms with Gasteiger partial charge >= 0.3 is 0 Å². The molecule has 2 fully saturated rings. The molecule has 2 saturated heterocycles. The van der Waals surface area contributed by atoms with Crippen molar-refractivity contribution in [1.82, 2.24) is 14.8 Å². The van der Waals surface area contributed by atoms with E-state index in [0.717, 1.165) is 32.8 Å². The number of hydrogen-bond donors (Lipinski definition) is 1. The monoisotopic (exact) mass is 295 g/mol. The molecule has 2 atom stereocenters. The van der Waals surface area contributed by atoms with Gasteiger partial charge in [-0.25, -0.2) is 4.98 Å². The molecule has 1 amide bonds. The zero-order valence-corrected chi connectivity index (χ0v) is 12.0. The number of carbonyl (C=O) groups excluding carboxylic acids is 1. The predicted octanol–water partition coefficient (Wildman–Crippen LogP) is -0.313. The number of oxazole rings is 1. The van der Waals surface area contributed by atoms with Crippen LogP contribution in [0.25, 0.3) is 0 Å². The van der Waals surface area contributed by atoms with E-state index in [2.05, 4.69) is 9.88 Å². The summed E-state index contributed by atoms with van der Waals surface area (Å²) >= 11 is 0. The molecule has 0 saturated carbocycles. The maximum atomic E-state index is 12.3. The molecule has 2 aliphatic rings. The second kappa shape index (κ2) is 6.55. The van der Waals surface area contributed by atoms with Crippen molar-refractivity contribution in [2.45, 2.75) is 0 Å². The zero-order valence-electron chi connectivity index (χ0n) is 12.0. The fraction of sp³-hybridized carbons (Fsp3) is 0.714. The lowest BCUT2D eigenvalue weighted by molar-refractivity contribution is 0.0264. The number of morpholine rings is 1. The van der Waals surface area contributed by atoms with Crippen LogP contribution in [0.3, 0.4) is 0 Å². The first-order chi connectivity index (χ1) is 10.3. The van der Waals surface area contributed by atoms with Crippen LogP contribution < -0.4 is 0 Å². The molecule has 0 aliphatic carbocycles. The molecule has 1 aromatic rings. The molecule has 0 radical (unpaired) electrons. The fourth-order valence-electron chi connectivity index (χ4n) is 3.11. The first-order valence-electron chi connectivity index (χ1n) is 7.36. The lowest BCUT2D eigenvalue weighted by Gasteiger charge is -2.30. The molecular formula is C14H21N3O4. The van der Waals surface area contributed by atoms with E-state index in [0.29, 0.717) is 24.7 Å². The van der Waals surface area contributed by atoms with Gasteiger partial charge in [0.25, 0.3) is 5.91 Å². The highest BCUT2D eigenvalue weighted by molar-refractivity contribution is 5.92. The number of ether oxygens (including phenoxy) is 1. The Morgan fingerprint density at radius 3 is 2.76 bits per heavy atom. The average molecular weight is 295 g/mol. The Morgan fingerprint density at radius 1 is 1.33 bits per heavy atom. The molecule has 7 nitrogen and oxygen atoms in total. The molecular weight excluding hydrogens is 274 g/mol. The van der Waals surface area contributed by atoms with Gasteiger partial charge in [0.05, 0.1) is 13.2 Å². The van der Waals surface area contributed by atoms with E-state index in [1.54, 1.807) is 4.90 Å². The summed E-state index contributed by atoms with van der Waals surface area (Å²) in [5.41, 5.74) is 0.332. The molecule has 3 heterocycles. The van der Waals surface area contributed by atoms with Crippen LogP contribution in [-0.4, -0.2) is 78.3 Å².